The molecule has 4 rings (SSSR count). The number of rotatable bonds is 4. The SMILES string of the molecule is COc1cc2oc(=O)c(C(=O)NNC(=O)c3ccncc3)cc2cc1C1CCCCC1. The third-order valence-electron chi connectivity index (χ3n) is 5.61. The van der Waals surface area contributed by atoms with Crippen molar-refractivity contribution in [2.75, 3.05) is 7.11 Å². The Bertz CT molecular complexity index is 1170. The number of benzene rings is 1. The highest BCUT2D eigenvalue weighted by molar-refractivity contribution is 6.00. The van der Waals surface area contributed by atoms with E-state index in [0.717, 1.165) is 18.4 Å². The second-order valence-corrected chi connectivity index (χ2v) is 7.56. The molecule has 0 radical (unpaired) electrons. The molecule has 3 aromatic rings. The van der Waals surface area contributed by atoms with Crippen LogP contribution in [-0.4, -0.2) is 23.9 Å². The first-order chi connectivity index (χ1) is 15.1. The van der Waals surface area contributed by atoms with Gasteiger partial charge in [0.15, 0.2) is 0 Å². The molecule has 2 aromatic heterocycles. The number of hydrogen-bond acceptors (Lipinski definition) is 6. The minimum atomic E-state index is -0.796. The van der Waals surface area contributed by atoms with Gasteiger partial charge in [-0.15, -0.1) is 0 Å². The first-order valence-corrected chi connectivity index (χ1v) is 10.2. The second-order valence-electron chi connectivity index (χ2n) is 7.56. The van der Waals surface area contributed by atoms with Crippen LogP contribution in [0.5, 0.6) is 5.75 Å². The van der Waals surface area contributed by atoms with Crippen LogP contribution >= 0.6 is 0 Å². The van der Waals surface area contributed by atoms with Crippen molar-refractivity contribution < 1.29 is 18.7 Å². The maximum Gasteiger partial charge on any atom is 0.349 e. The summed E-state index contributed by atoms with van der Waals surface area (Å²) in [5.41, 5.74) is 5.29. The van der Waals surface area contributed by atoms with Gasteiger partial charge in [-0.1, -0.05) is 19.3 Å². The van der Waals surface area contributed by atoms with Crippen molar-refractivity contribution >= 4 is 22.8 Å². The van der Waals surface area contributed by atoms with Crippen LogP contribution in [0.4, 0.5) is 0 Å². The van der Waals surface area contributed by atoms with E-state index < -0.39 is 17.4 Å². The molecule has 0 spiro atoms. The van der Waals surface area contributed by atoms with Gasteiger partial charge in [0, 0.05) is 29.4 Å². The highest BCUT2D eigenvalue weighted by atomic mass is 16.5. The van der Waals surface area contributed by atoms with E-state index >= 15 is 0 Å². The lowest BCUT2D eigenvalue weighted by Crippen LogP contribution is -2.43. The molecule has 1 aliphatic carbocycles. The van der Waals surface area contributed by atoms with Gasteiger partial charge in [-0.3, -0.25) is 25.4 Å². The maximum atomic E-state index is 12.5. The number of fused-ring (bicyclic) bond motifs is 1. The number of pyridine rings is 1. The van der Waals surface area contributed by atoms with Gasteiger partial charge in [0.2, 0.25) is 0 Å². The maximum absolute atomic E-state index is 12.5. The molecule has 1 fully saturated rings. The lowest BCUT2D eigenvalue weighted by Gasteiger charge is -2.24. The number of carbonyl (C=O) groups is 2. The molecule has 1 aliphatic rings. The van der Waals surface area contributed by atoms with Crippen LogP contribution in [0.2, 0.25) is 0 Å². The van der Waals surface area contributed by atoms with E-state index in [2.05, 4.69) is 15.8 Å². The molecule has 2 N–H and O–H groups in total. The Labute approximate surface area is 178 Å². The molecule has 1 saturated carbocycles. The van der Waals surface area contributed by atoms with Crippen LogP contribution in [0.15, 0.2) is 51.9 Å². The molecule has 0 atom stereocenters. The van der Waals surface area contributed by atoms with Gasteiger partial charge in [-0.2, -0.15) is 0 Å². The van der Waals surface area contributed by atoms with Gasteiger partial charge in [-0.05, 0) is 48.6 Å². The Morgan fingerprint density at radius 2 is 1.74 bits per heavy atom. The molecular formula is C23H23N3O5. The fraction of sp³-hybridized carbons (Fsp3) is 0.304. The molecule has 1 aromatic carbocycles. The van der Waals surface area contributed by atoms with Crippen molar-refractivity contribution in [3.8, 4) is 5.75 Å². The molecule has 0 aliphatic heterocycles. The summed E-state index contributed by atoms with van der Waals surface area (Å²) in [6, 6.07) is 8.13. The van der Waals surface area contributed by atoms with Gasteiger partial charge in [-0.25, -0.2) is 4.79 Å². The number of methoxy groups -OCH3 is 1. The highest BCUT2D eigenvalue weighted by Crippen LogP contribution is 2.39. The standard InChI is InChI=1S/C23H23N3O5/c1-30-20-13-19-16(11-17(20)14-5-3-2-4-6-14)12-18(23(29)31-19)22(28)26-25-21(27)15-7-9-24-10-8-15/h7-14H,2-6H2,1H3,(H,25,27)(H,26,28). The van der Waals surface area contributed by atoms with Crippen molar-refractivity contribution in [3.05, 3.63) is 69.8 Å². The molecular weight excluding hydrogens is 398 g/mol. The lowest BCUT2D eigenvalue weighted by atomic mass is 9.83. The lowest BCUT2D eigenvalue weighted by molar-refractivity contribution is 0.0844. The number of nitrogens with one attached hydrogen (secondary N) is 2. The average Bonchev–Trinajstić information content (AvgIpc) is 2.82. The van der Waals surface area contributed by atoms with Crippen LogP contribution in [0, 0.1) is 0 Å². The smallest absolute Gasteiger partial charge is 0.349 e. The van der Waals surface area contributed by atoms with E-state index in [1.54, 1.807) is 13.2 Å². The average molecular weight is 421 g/mol. The predicted octanol–water partition coefficient (Wildman–Crippen LogP) is 3.32. The fourth-order valence-corrected chi connectivity index (χ4v) is 3.99. The number of hydrazine groups is 1. The minimum Gasteiger partial charge on any atom is -0.496 e. The van der Waals surface area contributed by atoms with Crippen LogP contribution < -0.4 is 21.2 Å². The topological polar surface area (TPSA) is 111 Å². The van der Waals surface area contributed by atoms with Crippen molar-refractivity contribution in [3.63, 3.8) is 0 Å². The van der Waals surface area contributed by atoms with Gasteiger partial charge in [0.25, 0.3) is 11.8 Å². The summed E-state index contributed by atoms with van der Waals surface area (Å²) in [7, 11) is 1.60. The summed E-state index contributed by atoms with van der Waals surface area (Å²) in [6.45, 7) is 0. The number of carbonyl (C=O) groups excluding carboxylic acids is 2. The zero-order chi connectivity index (χ0) is 21.8. The van der Waals surface area contributed by atoms with Crippen molar-refractivity contribution in [1.82, 2.24) is 15.8 Å². The molecule has 0 bridgehead atoms. The van der Waals surface area contributed by atoms with Gasteiger partial charge in [0.05, 0.1) is 7.11 Å². The summed E-state index contributed by atoms with van der Waals surface area (Å²) in [4.78, 5) is 40.9. The van der Waals surface area contributed by atoms with Crippen LogP contribution in [-0.2, 0) is 0 Å². The van der Waals surface area contributed by atoms with Crippen LogP contribution in [0.3, 0.4) is 0 Å². The largest absolute Gasteiger partial charge is 0.496 e. The zero-order valence-corrected chi connectivity index (χ0v) is 17.1. The molecule has 31 heavy (non-hydrogen) atoms. The molecule has 160 valence electrons. The molecule has 0 saturated heterocycles. The summed E-state index contributed by atoms with van der Waals surface area (Å²) in [6.07, 6.45) is 8.65. The summed E-state index contributed by atoms with van der Waals surface area (Å²) in [5.74, 6) is -0.223. The quantitative estimate of drug-likeness (QED) is 0.494. The number of hydrogen-bond donors (Lipinski definition) is 2. The van der Waals surface area contributed by atoms with E-state index in [-0.39, 0.29) is 5.56 Å². The number of ether oxygens (including phenoxy) is 1. The molecule has 8 heteroatoms. The second kappa shape index (κ2) is 8.99. The Kier molecular flexibility index (Phi) is 5.97. The van der Waals surface area contributed by atoms with Gasteiger partial charge < -0.3 is 9.15 Å². The third-order valence-corrected chi connectivity index (χ3v) is 5.61. The normalized spacial score (nSPS) is 14.2. The highest BCUT2D eigenvalue weighted by Gasteiger charge is 2.22. The Morgan fingerprint density at radius 3 is 2.45 bits per heavy atom. The van der Waals surface area contributed by atoms with Crippen LogP contribution in [0.25, 0.3) is 11.0 Å². The Morgan fingerprint density at radius 1 is 1.03 bits per heavy atom. The molecule has 2 heterocycles. The summed E-state index contributed by atoms with van der Waals surface area (Å²) < 4.78 is 10.9. The number of nitrogens with zero attached hydrogens (tertiary/aromatic N) is 1. The van der Waals surface area contributed by atoms with E-state index in [4.69, 9.17) is 9.15 Å². The van der Waals surface area contributed by atoms with Crippen molar-refractivity contribution in [1.29, 1.82) is 0 Å². The molecule has 2 amide bonds. The monoisotopic (exact) mass is 421 g/mol. The Hall–Kier alpha value is -3.68. The van der Waals surface area contributed by atoms with E-state index in [9.17, 15) is 14.4 Å². The fourth-order valence-electron chi connectivity index (χ4n) is 3.99. The minimum absolute atomic E-state index is 0.192. The zero-order valence-electron chi connectivity index (χ0n) is 17.1. The molecule has 0 unspecified atom stereocenters. The number of amides is 2. The van der Waals surface area contributed by atoms with Crippen molar-refractivity contribution in [2.45, 2.75) is 38.0 Å². The van der Waals surface area contributed by atoms with Crippen LogP contribution in [0.1, 0.15) is 64.3 Å². The van der Waals surface area contributed by atoms with Gasteiger partial charge in [0.1, 0.15) is 16.9 Å². The first-order valence-electron chi connectivity index (χ1n) is 10.2. The van der Waals surface area contributed by atoms with E-state index in [0.29, 0.717) is 28.2 Å². The first kappa shape index (κ1) is 20.6. The van der Waals surface area contributed by atoms with E-state index in [1.165, 1.54) is 49.9 Å². The summed E-state index contributed by atoms with van der Waals surface area (Å²) >= 11 is 0. The Balaban J connectivity index is 1.60. The van der Waals surface area contributed by atoms with Crippen molar-refractivity contribution in [2.24, 2.45) is 0 Å². The summed E-state index contributed by atoms with van der Waals surface area (Å²) in [5, 5.41) is 0.631. The predicted molar refractivity (Wildman–Crippen MR) is 114 cm³/mol. The van der Waals surface area contributed by atoms with Gasteiger partial charge >= 0.3 is 5.63 Å². The number of aromatic nitrogens is 1. The molecule has 8 nitrogen and oxygen atoms in total. The van der Waals surface area contributed by atoms with E-state index in [1.807, 2.05) is 6.07 Å². The third kappa shape index (κ3) is 4.42.